The minimum Gasteiger partial charge on any atom is -0.497 e. The summed E-state index contributed by atoms with van der Waals surface area (Å²) in [6, 6.07) is 9.21. The van der Waals surface area contributed by atoms with Crippen LogP contribution in [-0.4, -0.2) is 26.0 Å². The van der Waals surface area contributed by atoms with Crippen LogP contribution in [0.1, 0.15) is 24.8 Å². The Morgan fingerprint density at radius 2 is 2.12 bits per heavy atom. The molecule has 24 heavy (non-hydrogen) atoms. The predicted molar refractivity (Wildman–Crippen MR) is 88.3 cm³/mol. The molecule has 0 heterocycles. The molecule has 0 saturated carbocycles. The van der Waals surface area contributed by atoms with Crippen molar-refractivity contribution in [2.45, 2.75) is 19.3 Å². The van der Waals surface area contributed by atoms with Crippen molar-refractivity contribution < 1.29 is 19.1 Å². The normalized spacial score (nSPS) is 23.0. The lowest BCUT2D eigenvalue weighted by Crippen LogP contribution is -2.41. The zero-order valence-corrected chi connectivity index (χ0v) is 13.7. The van der Waals surface area contributed by atoms with Gasteiger partial charge in [0.1, 0.15) is 12.0 Å². The summed E-state index contributed by atoms with van der Waals surface area (Å²) in [5.41, 5.74) is 0.131. The zero-order valence-electron chi connectivity index (χ0n) is 13.7. The number of carbonyl (C=O) groups excluding carboxylic acids is 2. The van der Waals surface area contributed by atoms with Crippen LogP contribution < -0.4 is 4.74 Å². The van der Waals surface area contributed by atoms with Crippen molar-refractivity contribution in [3.8, 4) is 11.8 Å². The van der Waals surface area contributed by atoms with Gasteiger partial charge in [-0.2, -0.15) is 5.26 Å². The molecule has 5 heteroatoms. The second-order valence-corrected chi connectivity index (χ2v) is 5.60. The van der Waals surface area contributed by atoms with Gasteiger partial charge in [0.2, 0.25) is 0 Å². The molecule has 0 radical (unpaired) electrons. The smallest absolute Gasteiger partial charge is 0.327 e. The van der Waals surface area contributed by atoms with Crippen molar-refractivity contribution in [1.82, 2.24) is 0 Å². The largest absolute Gasteiger partial charge is 0.497 e. The summed E-state index contributed by atoms with van der Waals surface area (Å²) in [6.07, 6.45) is 2.29. The van der Waals surface area contributed by atoms with Gasteiger partial charge in [-0.1, -0.05) is 24.8 Å². The molecule has 0 N–H and O–H groups in total. The number of rotatable bonds is 5. The van der Waals surface area contributed by atoms with Crippen molar-refractivity contribution in [2.24, 2.45) is 5.41 Å². The number of hydrogen-bond donors (Lipinski definition) is 0. The van der Waals surface area contributed by atoms with Crippen molar-refractivity contribution in [1.29, 1.82) is 5.26 Å². The van der Waals surface area contributed by atoms with Gasteiger partial charge in [0.15, 0.2) is 5.41 Å². The molecular formula is C19H19NO4. The molecule has 0 amide bonds. The van der Waals surface area contributed by atoms with Crippen LogP contribution in [0.15, 0.2) is 48.1 Å². The number of methoxy groups -OCH3 is 1. The number of ether oxygens (including phenoxy) is 2. The SMILES string of the molecule is C=C1C=C(C=O)C[C@@](C#N)(C(=O)OCC)[C@H]1c1ccc(OC)cc1. The summed E-state index contributed by atoms with van der Waals surface area (Å²) in [6.45, 7) is 5.81. The molecule has 0 bridgehead atoms. The third-order valence-electron chi connectivity index (χ3n) is 4.16. The van der Waals surface area contributed by atoms with E-state index < -0.39 is 17.3 Å². The fourth-order valence-electron chi connectivity index (χ4n) is 3.08. The Labute approximate surface area is 141 Å². The second kappa shape index (κ2) is 7.14. The Morgan fingerprint density at radius 3 is 2.62 bits per heavy atom. The summed E-state index contributed by atoms with van der Waals surface area (Å²) >= 11 is 0. The Bertz CT molecular complexity index is 727. The molecule has 2 rings (SSSR count). The van der Waals surface area contributed by atoms with Crippen molar-refractivity contribution in [2.75, 3.05) is 13.7 Å². The Kier molecular flexibility index (Phi) is 5.20. The molecule has 124 valence electrons. The van der Waals surface area contributed by atoms with Crippen LogP contribution in [0.5, 0.6) is 5.75 Å². The maximum atomic E-state index is 12.6. The lowest BCUT2D eigenvalue weighted by atomic mass is 9.63. The monoisotopic (exact) mass is 325 g/mol. The molecule has 5 nitrogen and oxygen atoms in total. The number of aldehydes is 1. The van der Waals surface area contributed by atoms with Gasteiger partial charge in [0.25, 0.3) is 0 Å². The van der Waals surface area contributed by atoms with Gasteiger partial charge in [-0.15, -0.1) is 0 Å². The topological polar surface area (TPSA) is 76.4 Å². The first-order valence-corrected chi connectivity index (χ1v) is 7.59. The Morgan fingerprint density at radius 1 is 1.46 bits per heavy atom. The number of nitriles is 1. The summed E-state index contributed by atoms with van der Waals surface area (Å²) in [7, 11) is 1.56. The lowest BCUT2D eigenvalue weighted by molar-refractivity contribution is -0.152. The Balaban J connectivity index is 2.59. The molecule has 1 aliphatic carbocycles. The molecule has 2 atom stereocenters. The average Bonchev–Trinajstić information content (AvgIpc) is 2.61. The van der Waals surface area contributed by atoms with E-state index >= 15 is 0 Å². The first-order chi connectivity index (χ1) is 11.5. The van der Waals surface area contributed by atoms with Crippen LogP contribution in [0.2, 0.25) is 0 Å². The van der Waals surface area contributed by atoms with Gasteiger partial charge in [-0.25, -0.2) is 0 Å². The number of carbonyl (C=O) groups is 2. The van der Waals surface area contributed by atoms with Crippen molar-refractivity contribution in [3.63, 3.8) is 0 Å². The van der Waals surface area contributed by atoms with E-state index in [9.17, 15) is 14.9 Å². The van der Waals surface area contributed by atoms with Crippen molar-refractivity contribution in [3.05, 3.63) is 53.6 Å². The standard InChI is InChI=1S/C19H19NO4/c1-4-24-18(22)19(12-20)10-14(11-21)9-13(2)17(19)15-5-7-16(23-3)8-6-15/h5-9,11,17H,2,4,10H2,1,3H3/t17-,19+/m1/s1. The number of allylic oxidation sites excluding steroid dienone is 3. The minimum absolute atomic E-state index is 0.00154. The summed E-state index contributed by atoms with van der Waals surface area (Å²) in [5.74, 6) is -0.555. The molecule has 0 fully saturated rings. The molecule has 1 aromatic rings. The van der Waals surface area contributed by atoms with E-state index in [1.54, 1.807) is 44.4 Å². The molecule has 0 saturated heterocycles. The lowest BCUT2D eigenvalue weighted by Gasteiger charge is -2.37. The third-order valence-corrected chi connectivity index (χ3v) is 4.16. The molecule has 1 aliphatic rings. The maximum Gasteiger partial charge on any atom is 0.327 e. The van der Waals surface area contributed by atoms with Crippen LogP contribution in [0.4, 0.5) is 0 Å². The number of hydrogen-bond acceptors (Lipinski definition) is 5. The highest BCUT2D eigenvalue weighted by atomic mass is 16.5. The van der Waals surface area contributed by atoms with Gasteiger partial charge in [-0.3, -0.25) is 9.59 Å². The van der Waals surface area contributed by atoms with Crippen LogP contribution >= 0.6 is 0 Å². The number of benzene rings is 1. The molecular weight excluding hydrogens is 306 g/mol. The molecule has 0 aromatic heterocycles. The van der Waals surface area contributed by atoms with Gasteiger partial charge in [0.05, 0.1) is 19.8 Å². The highest BCUT2D eigenvalue weighted by molar-refractivity contribution is 5.87. The number of esters is 1. The van der Waals surface area contributed by atoms with Crippen LogP contribution in [0.3, 0.4) is 0 Å². The van der Waals surface area contributed by atoms with Gasteiger partial charge < -0.3 is 9.47 Å². The predicted octanol–water partition coefficient (Wildman–Crippen LogP) is 2.94. The van der Waals surface area contributed by atoms with Gasteiger partial charge >= 0.3 is 5.97 Å². The highest BCUT2D eigenvalue weighted by Crippen LogP contribution is 2.49. The van der Waals surface area contributed by atoms with E-state index in [2.05, 4.69) is 12.6 Å². The van der Waals surface area contributed by atoms with Crippen LogP contribution in [0, 0.1) is 16.7 Å². The van der Waals surface area contributed by atoms with E-state index in [1.165, 1.54) is 0 Å². The van der Waals surface area contributed by atoms with Crippen molar-refractivity contribution >= 4 is 12.3 Å². The highest BCUT2D eigenvalue weighted by Gasteiger charge is 2.51. The van der Waals surface area contributed by atoms with E-state index in [-0.39, 0.29) is 13.0 Å². The quantitative estimate of drug-likeness (QED) is 0.614. The molecule has 0 unspecified atom stereocenters. The van der Waals surface area contributed by atoms with E-state index in [0.717, 1.165) is 5.56 Å². The summed E-state index contributed by atoms with van der Waals surface area (Å²) in [5, 5.41) is 9.84. The zero-order chi connectivity index (χ0) is 17.7. The van der Waals surface area contributed by atoms with Crippen LogP contribution in [0.25, 0.3) is 0 Å². The molecule has 0 aliphatic heterocycles. The third kappa shape index (κ3) is 2.95. The first-order valence-electron chi connectivity index (χ1n) is 7.59. The second-order valence-electron chi connectivity index (χ2n) is 5.60. The fourth-order valence-corrected chi connectivity index (χ4v) is 3.08. The first kappa shape index (κ1) is 17.5. The van der Waals surface area contributed by atoms with E-state index in [4.69, 9.17) is 9.47 Å². The molecule has 1 aromatic carbocycles. The van der Waals surface area contributed by atoms with Crippen LogP contribution in [-0.2, 0) is 14.3 Å². The Hall–Kier alpha value is -2.87. The summed E-state index contributed by atoms with van der Waals surface area (Å²) < 4.78 is 10.3. The van der Waals surface area contributed by atoms with E-state index in [0.29, 0.717) is 23.2 Å². The fraction of sp³-hybridized carbons (Fsp3) is 0.316. The minimum atomic E-state index is -1.51. The van der Waals surface area contributed by atoms with Gasteiger partial charge in [0, 0.05) is 12.3 Å². The maximum absolute atomic E-state index is 12.6. The van der Waals surface area contributed by atoms with E-state index in [1.807, 2.05) is 0 Å². The summed E-state index contributed by atoms with van der Waals surface area (Å²) in [4.78, 5) is 23.8. The number of nitrogens with zero attached hydrogens (tertiary/aromatic N) is 1. The average molecular weight is 325 g/mol. The molecule has 0 spiro atoms. The van der Waals surface area contributed by atoms with Gasteiger partial charge in [-0.05, 0) is 35.8 Å².